The van der Waals surface area contributed by atoms with Crippen LogP contribution in [0.1, 0.15) is 6.92 Å². The average molecular weight is 144 g/mol. The second-order valence-corrected chi connectivity index (χ2v) is 2.30. The molecule has 0 aliphatic carbocycles. The molecule has 1 aliphatic heterocycles. The van der Waals surface area contributed by atoms with Crippen molar-refractivity contribution in [3.05, 3.63) is 12.2 Å². The van der Waals surface area contributed by atoms with Gasteiger partial charge in [0.15, 0.2) is 12.1 Å². The molecule has 0 fully saturated rings. The lowest BCUT2D eigenvalue weighted by atomic mass is 10.3. The van der Waals surface area contributed by atoms with Crippen LogP contribution in [0.4, 0.5) is 0 Å². The Balaban J connectivity index is 2.51. The molecule has 0 aromatic heterocycles. The van der Waals surface area contributed by atoms with Crippen LogP contribution in [-0.4, -0.2) is 26.3 Å². The van der Waals surface area contributed by atoms with Crippen LogP contribution in [0.2, 0.25) is 0 Å². The van der Waals surface area contributed by atoms with Crippen molar-refractivity contribution >= 4 is 0 Å². The first kappa shape index (κ1) is 7.72. The minimum Gasteiger partial charge on any atom is -0.352 e. The van der Waals surface area contributed by atoms with Crippen molar-refractivity contribution in [2.75, 3.05) is 14.2 Å². The van der Waals surface area contributed by atoms with Crippen LogP contribution < -0.4 is 0 Å². The summed E-state index contributed by atoms with van der Waals surface area (Å²) < 4.78 is 15.3. The number of hydrogen-bond donors (Lipinski definition) is 0. The van der Waals surface area contributed by atoms with Crippen molar-refractivity contribution in [3.63, 3.8) is 0 Å². The first-order chi connectivity index (χ1) is 4.70. The van der Waals surface area contributed by atoms with Crippen LogP contribution in [-0.2, 0) is 14.2 Å². The molecule has 1 aliphatic rings. The molecule has 0 amide bonds. The first-order valence-corrected chi connectivity index (χ1v) is 3.15. The van der Waals surface area contributed by atoms with E-state index < -0.39 is 5.79 Å². The van der Waals surface area contributed by atoms with E-state index in [4.69, 9.17) is 14.2 Å². The van der Waals surface area contributed by atoms with Gasteiger partial charge in [0.1, 0.15) is 0 Å². The van der Waals surface area contributed by atoms with Gasteiger partial charge in [0.2, 0.25) is 0 Å². The van der Waals surface area contributed by atoms with Gasteiger partial charge in [0.05, 0.1) is 0 Å². The van der Waals surface area contributed by atoms with E-state index in [1.54, 1.807) is 14.2 Å². The fraction of sp³-hybridized carbons (Fsp3) is 0.714. The predicted octanol–water partition coefficient (Wildman–Crippen LogP) is 0.908. The highest BCUT2D eigenvalue weighted by Crippen LogP contribution is 2.23. The fourth-order valence-electron chi connectivity index (χ4n) is 0.805. The molecule has 10 heavy (non-hydrogen) atoms. The summed E-state index contributed by atoms with van der Waals surface area (Å²) >= 11 is 0. The molecule has 0 bridgehead atoms. The summed E-state index contributed by atoms with van der Waals surface area (Å²) in [4.78, 5) is 0. The smallest absolute Gasteiger partial charge is 0.188 e. The maximum absolute atomic E-state index is 5.29. The van der Waals surface area contributed by atoms with Crippen molar-refractivity contribution in [3.8, 4) is 0 Å². The maximum atomic E-state index is 5.29. The van der Waals surface area contributed by atoms with Crippen molar-refractivity contribution in [2.24, 2.45) is 0 Å². The number of rotatable bonds is 2. The topological polar surface area (TPSA) is 27.7 Å². The summed E-state index contributed by atoms with van der Waals surface area (Å²) in [7, 11) is 3.19. The van der Waals surface area contributed by atoms with E-state index in [-0.39, 0.29) is 6.29 Å². The molecule has 58 valence electrons. The van der Waals surface area contributed by atoms with Gasteiger partial charge >= 0.3 is 0 Å². The Kier molecular flexibility index (Phi) is 2.08. The Morgan fingerprint density at radius 1 is 1.50 bits per heavy atom. The molecule has 0 spiro atoms. The first-order valence-electron chi connectivity index (χ1n) is 3.15. The Bertz CT molecular complexity index is 144. The number of hydrogen-bond acceptors (Lipinski definition) is 3. The van der Waals surface area contributed by atoms with E-state index in [1.807, 2.05) is 19.1 Å². The molecule has 1 heterocycles. The summed E-state index contributed by atoms with van der Waals surface area (Å²) in [6.07, 6.45) is 3.40. The summed E-state index contributed by atoms with van der Waals surface area (Å²) in [6, 6.07) is 0. The van der Waals surface area contributed by atoms with Gasteiger partial charge < -0.3 is 14.2 Å². The molecule has 0 N–H and O–H groups in total. The second-order valence-electron chi connectivity index (χ2n) is 2.30. The molecule has 2 atom stereocenters. The van der Waals surface area contributed by atoms with E-state index in [9.17, 15) is 0 Å². The highest BCUT2D eigenvalue weighted by molar-refractivity contribution is 5.02. The molecule has 1 rings (SSSR count). The molecule has 0 saturated heterocycles. The zero-order valence-electron chi connectivity index (χ0n) is 6.46. The van der Waals surface area contributed by atoms with E-state index in [2.05, 4.69) is 0 Å². The molecule has 0 aromatic rings. The lowest BCUT2D eigenvalue weighted by molar-refractivity contribution is -0.232. The Morgan fingerprint density at radius 2 is 2.20 bits per heavy atom. The molecule has 0 aromatic carbocycles. The van der Waals surface area contributed by atoms with Crippen LogP contribution in [0.15, 0.2) is 12.2 Å². The molecular formula is C7H12O3. The van der Waals surface area contributed by atoms with Gasteiger partial charge in [0.25, 0.3) is 0 Å². The molecular weight excluding hydrogens is 132 g/mol. The summed E-state index contributed by atoms with van der Waals surface area (Å²) in [6.45, 7) is 1.84. The quantitative estimate of drug-likeness (QED) is 0.539. The highest BCUT2D eigenvalue weighted by Gasteiger charge is 2.30. The summed E-state index contributed by atoms with van der Waals surface area (Å²) in [5, 5.41) is 0. The van der Waals surface area contributed by atoms with Gasteiger partial charge in [0, 0.05) is 14.2 Å². The Labute approximate surface area is 60.6 Å². The van der Waals surface area contributed by atoms with Gasteiger partial charge in [-0.15, -0.1) is 0 Å². The van der Waals surface area contributed by atoms with Crippen LogP contribution >= 0.6 is 0 Å². The summed E-state index contributed by atoms with van der Waals surface area (Å²) in [5.41, 5.74) is 0. The van der Waals surface area contributed by atoms with E-state index in [0.717, 1.165) is 0 Å². The SMILES string of the molecule is CO[C@@H]1C=C[C@](C)(OC)O1. The van der Waals surface area contributed by atoms with Crippen molar-refractivity contribution in [1.82, 2.24) is 0 Å². The minimum atomic E-state index is -0.597. The Hall–Kier alpha value is -0.380. The lowest BCUT2D eigenvalue weighted by Crippen LogP contribution is -2.28. The predicted molar refractivity (Wildman–Crippen MR) is 36.4 cm³/mol. The van der Waals surface area contributed by atoms with Crippen LogP contribution in [0, 0.1) is 0 Å². The molecule has 3 nitrogen and oxygen atoms in total. The van der Waals surface area contributed by atoms with Crippen molar-refractivity contribution in [2.45, 2.75) is 19.0 Å². The van der Waals surface area contributed by atoms with Crippen molar-refractivity contribution in [1.29, 1.82) is 0 Å². The third-order valence-electron chi connectivity index (χ3n) is 1.54. The number of methoxy groups -OCH3 is 2. The standard InChI is InChI=1S/C7H12O3/c1-7(9-3)5-4-6(8-2)10-7/h4-6H,1-3H3/t6-,7+/m0/s1. The molecule has 3 heteroatoms. The van der Waals surface area contributed by atoms with Gasteiger partial charge in [-0.05, 0) is 19.1 Å². The maximum Gasteiger partial charge on any atom is 0.188 e. The normalized spacial score (nSPS) is 38.9. The molecule has 0 saturated carbocycles. The van der Waals surface area contributed by atoms with E-state index in [1.165, 1.54) is 0 Å². The van der Waals surface area contributed by atoms with Gasteiger partial charge in [-0.2, -0.15) is 0 Å². The highest BCUT2D eigenvalue weighted by atomic mass is 16.8. The van der Waals surface area contributed by atoms with Crippen LogP contribution in [0.3, 0.4) is 0 Å². The van der Waals surface area contributed by atoms with E-state index in [0.29, 0.717) is 0 Å². The van der Waals surface area contributed by atoms with Gasteiger partial charge in [-0.1, -0.05) is 0 Å². The third kappa shape index (κ3) is 1.37. The zero-order valence-corrected chi connectivity index (χ0v) is 6.46. The summed E-state index contributed by atoms with van der Waals surface area (Å²) in [5.74, 6) is -0.597. The third-order valence-corrected chi connectivity index (χ3v) is 1.54. The van der Waals surface area contributed by atoms with Crippen molar-refractivity contribution < 1.29 is 14.2 Å². The minimum absolute atomic E-state index is 0.259. The van der Waals surface area contributed by atoms with Crippen LogP contribution in [0.5, 0.6) is 0 Å². The zero-order chi connectivity index (χ0) is 7.61. The second kappa shape index (κ2) is 2.70. The Morgan fingerprint density at radius 3 is 2.50 bits per heavy atom. The number of ether oxygens (including phenoxy) is 3. The molecule has 0 unspecified atom stereocenters. The van der Waals surface area contributed by atoms with Crippen LogP contribution in [0.25, 0.3) is 0 Å². The largest absolute Gasteiger partial charge is 0.352 e. The fourth-order valence-corrected chi connectivity index (χ4v) is 0.805. The monoisotopic (exact) mass is 144 g/mol. The lowest BCUT2D eigenvalue weighted by Gasteiger charge is -2.21. The average Bonchev–Trinajstić information content (AvgIpc) is 2.33. The van der Waals surface area contributed by atoms with E-state index >= 15 is 0 Å². The molecule has 0 radical (unpaired) electrons. The van der Waals surface area contributed by atoms with Gasteiger partial charge in [-0.25, -0.2) is 0 Å². The van der Waals surface area contributed by atoms with Gasteiger partial charge in [-0.3, -0.25) is 0 Å².